The maximum Gasteiger partial charge on any atom is 0.261 e. The van der Waals surface area contributed by atoms with Crippen LogP contribution < -0.4 is 10.1 Å². The molecule has 1 atom stereocenters. The zero-order valence-electron chi connectivity index (χ0n) is 15.5. The van der Waals surface area contributed by atoms with Gasteiger partial charge in [-0.25, -0.2) is 0 Å². The van der Waals surface area contributed by atoms with E-state index in [1.165, 1.54) is 4.90 Å². The van der Waals surface area contributed by atoms with Gasteiger partial charge < -0.3 is 15.0 Å². The summed E-state index contributed by atoms with van der Waals surface area (Å²) >= 11 is 15.3. The molecule has 0 aliphatic heterocycles. The third kappa shape index (κ3) is 6.40. The Morgan fingerprint density at radius 2 is 1.89 bits per heavy atom. The lowest BCUT2D eigenvalue weighted by Gasteiger charge is -2.28. The molecule has 0 unspecified atom stereocenters. The van der Waals surface area contributed by atoms with Crippen molar-refractivity contribution in [1.82, 2.24) is 10.2 Å². The van der Waals surface area contributed by atoms with Crippen molar-refractivity contribution in [3.8, 4) is 5.75 Å². The second kappa shape index (κ2) is 10.7. The molecule has 0 spiro atoms. The van der Waals surface area contributed by atoms with E-state index in [1.54, 1.807) is 43.3 Å². The van der Waals surface area contributed by atoms with Gasteiger partial charge in [-0.1, -0.05) is 35.3 Å². The Labute approximate surface area is 183 Å². The highest BCUT2D eigenvalue weighted by atomic mass is 79.9. The van der Waals surface area contributed by atoms with E-state index in [0.29, 0.717) is 26.8 Å². The van der Waals surface area contributed by atoms with Gasteiger partial charge >= 0.3 is 0 Å². The summed E-state index contributed by atoms with van der Waals surface area (Å²) in [5, 5.41) is 3.87. The zero-order chi connectivity index (χ0) is 20.7. The van der Waals surface area contributed by atoms with Gasteiger partial charge in [0, 0.05) is 23.1 Å². The lowest BCUT2D eigenvalue weighted by Crippen LogP contribution is -2.49. The molecule has 0 heterocycles. The summed E-state index contributed by atoms with van der Waals surface area (Å²) in [4.78, 5) is 26.7. The fraction of sp³-hybridized carbons (Fsp3) is 0.300. The minimum Gasteiger partial charge on any atom is -0.483 e. The van der Waals surface area contributed by atoms with Crippen molar-refractivity contribution in [3.63, 3.8) is 0 Å². The first-order valence-electron chi connectivity index (χ1n) is 8.71. The quantitative estimate of drug-likeness (QED) is 0.587. The summed E-state index contributed by atoms with van der Waals surface area (Å²) in [6.45, 7) is 4.02. The van der Waals surface area contributed by atoms with Crippen LogP contribution in [0.5, 0.6) is 5.75 Å². The normalized spacial score (nSPS) is 11.6. The Morgan fingerprint density at radius 1 is 1.18 bits per heavy atom. The van der Waals surface area contributed by atoms with Gasteiger partial charge in [0.2, 0.25) is 5.91 Å². The molecule has 2 rings (SSSR count). The molecule has 0 aliphatic carbocycles. The second-order valence-electron chi connectivity index (χ2n) is 6.09. The average Bonchev–Trinajstić information content (AvgIpc) is 2.65. The molecule has 2 aromatic rings. The van der Waals surface area contributed by atoms with Gasteiger partial charge in [-0.2, -0.15) is 0 Å². The van der Waals surface area contributed by atoms with Gasteiger partial charge in [0.05, 0.1) is 4.47 Å². The number of amides is 2. The van der Waals surface area contributed by atoms with Crippen LogP contribution in [0.15, 0.2) is 46.9 Å². The zero-order valence-corrected chi connectivity index (χ0v) is 18.6. The third-order valence-electron chi connectivity index (χ3n) is 4.01. The fourth-order valence-corrected chi connectivity index (χ4v) is 3.56. The maximum absolute atomic E-state index is 12.9. The molecule has 8 heteroatoms. The number of halogens is 3. The average molecular weight is 488 g/mol. The van der Waals surface area contributed by atoms with Crippen LogP contribution in [-0.2, 0) is 16.1 Å². The highest BCUT2D eigenvalue weighted by Crippen LogP contribution is 2.28. The number of carbonyl (C=O) groups excluding carboxylic acids is 2. The fourth-order valence-electron chi connectivity index (χ4n) is 2.55. The number of nitrogens with one attached hydrogen (secondary N) is 1. The van der Waals surface area contributed by atoms with Gasteiger partial charge in [-0.3, -0.25) is 9.59 Å². The maximum atomic E-state index is 12.9. The van der Waals surface area contributed by atoms with Crippen molar-refractivity contribution in [2.75, 3.05) is 13.2 Å². The van der Waals surface area contributed by atoms with Crippen LogP contribution in [0.1, 0.15) is 19.4 Å². The Bertz CT molecular complexity index is 848. The molecule has 0 bridgehead atoms. The summed E-state index contributed by atoms with van der Waals surface area (Å²) in [6, 6.07) is 11.5. The Kier molecular flexibility index (Phi) is 8.60. The third-order valence-corrected chi connectivity index (χ3v) is 5.10. The summed E-state index contributed by atoms with van der Waals surface area (Å²) in [5.41, 5.74) is 0.824. The lowest BCUT2D eigenvalue weighted by atomic mass is 10.1. The van der Waals surface area contributed by atoms with Gasteiger partial charge in [-0.05, 0) is 65.7 Å². The highest BCUT2D eigenvalue weighted by Gasteiger charge is 2.26. The molecule has 0 saturated heterocycles. The molecular formula is C20H21BrCl2N2O3. The lowest BCUT2D eigenvalue weighted by molar-refractivity contribution is -0.142. The molecule has 0 radical (unpaired) electrons. The summed E-state index contributed by atoms with van der Waals surface area (Å²) in [6.07, 6.45) is 0. The van der Waals surface area contributed by atoms with Crippen LogP contribution in [0.2, 0.25) is 10.0 Å². The largest absolute Gasteiger partial charge is 0.483 e. The number of hydrogen-bond acceptors (Lipinski definition) is 3. The van der Waals surface area contributed by atoms with Gasteiger partial charge in [-0.15, -0.1) is 0 Å². The predicted octanol–water partition coefficient (Wildman–Crippen LogP) is 4.69. The summed E-state index contributed by atoms with van der Waals surface area (Å²) < 4.78 is 6.28. The number of hydrogen-bond donors (Lipinski definition) is 1. The molecule has 2 amide bonds. The Hall–Kier alpha value is -1.76. The van der Waals surface area contributed by atoms with Crippen LogP contribution in [0.4, 0.5) is 0 Å². The number of ether oxygens (including phenoxy) is 1. The molecule has 0 fully saturated rings. The van der Waals surface area contributed by atoms with Crippen LogP contribution >= 0.6 is 39.1 Å². The number of likely N-dealkylation sites (N-methyl/N-ethyl adjacent to an activating group) is 1. The SMILES string of the molecule is CCNC(=O)[C@H](C)N(Cc1cccc(Cl)c1)C(=O)COc1ccc(Cl)cc1Br. The monoisotopic (exact) mass is 486 g/mol. The molecule has 0 saturated carbocycles. The van der Waals surface area contributed by atoms with E-state index < -0.39 is 6.04 Å². The van der Waals surface area contributed by atoms with Crippen molar-refractivity contribution in [3.05, 3.63) is 62.5 Å². The van der Waals surface area contributed by atoms with Crippen LogP contribution in [0.25, 0.3) is 0 Å². The first-order chi connectivity index (χ1) is 13.3. The van der Waals surface area contributed by atoms with E-state index in [1.807, 2.05) is 13.0 Å². The molecule has 1 N–H and O–H groups in total. The highest BCUT2D eigenvalue weighted by molar-refractivity contribution is 9.10. The van der Waals surface area contributed by atoms with Crippen LogP contribution in [0.3, 0.4) is 0 Å². The smallest absolute Gasteiger partial charge is 0.261 e. The second-order valence-corrected chi connectivity index (χ2v) is 7.81. The molecule has 2 aromatic carbocycles. The number of nitrogens with zero attached hydrogens (tertiary/aromatic N) is 1. The van der Waals surface area contributed by atoms with Crippen molar-refractivity contribution in [1.29, 1.82) is 0 Å². The first-order valence-corrected chi connectivity index (χ1v) is 10.3. The topological polar surface area (TPSA) is 58.6 Å². The number of rotatable bonds is 8. The van der Waals surface area contributed by atoms with E-state index in [0.717, 1.165) is 5.56 Å². The standard InChI is InChI=1S/C20H21BrCl2N2O3/c1-3-24-20(27)13(2)25(11-14-5-4-6-15(22)9-14)19(26)12-28-18-8-7-16(23)10-17(18)21/h4-10,13H,3,11-12H2,1-2H3,(H,24,27)/t13-/m0/s1. The predicted molar refractivity (Wildman–Crippen MR) is 115 cm³/mol. The molecule has 5 nitrogen and oxygen atoms in total. The Morgan fingerprint density at radius 3 is 2.54 bits per heavy atom. The minimum absolute atomic E-state index is 0.218. The van der Waals surface area contributed by atoms with E-state index in [-0.39, 0.29) is 25.0 Å². The van der Waals surface area contributed by atoms with E-state index in [4.69, 9.17) is 27.9 Å². The van der Waals surface area contributed by atoms with Gasteiger partial charge in [0.15, 0.2) is 6.61 Å². The van der Waals surface area contributed by atoms with Crippen LogP contribution in [0, 0.1) is 0 Å². The van der Waals surface area contributed by atoms with Crippen molar-refractivity contribution < 1.29 is 14.3 Å². The van der Waals surface area contributed by atoms with E-state index >= 15 is 0 Å². The van der Waals surface area contributed by atoms with E-state index in [2.05, 4.69) is 21.2 Å². The first kappa shape index (κ1) is 22.5. The summed E-state index contributed by atoms with van der Waals surface area (Å²) in [5.74, 6) is -0.0581. The summed E-state index contributed by atoms with van der Waals surface area (Å²) in [7, 11) is 0. The molecule has 28 heavy (non-hydrogen) atoms. The molecule has 150 valence electrons. The van der Waals surface area contributed by atoms with Crippen molar-refractivity contribution in [2.24, 2.45) is 0 Å². The van der Waals surface area contributed by atoms with Gasteiger partial charge in [0.25, 0.3) is 5.91 Å². The van der Waals surface area contributed by atoms with Crippen LogP contribution in [-0.4, -0.2) is 35.9 Å². The van der Waals surface area contributed by atoms with E-state index in [9.17, 15) is 9.59 Å². The molecule has 0 aromatic heterocycles. The van der Waals surface area contributed by atoms with Crippen molar-refractivity contribution in [2.45, 2.75) is 26.4 Å². The van der Waals surface area contributed by atoms with Crippen molar-refractivity contribution >= 4 is 50.9 Å². The Balaban J connectivity index is 2.16. The van der Waals surface area contributed by atoms with Gasteiger partial charge in [0.1, 0.15) is 11.8 Å². The number of benzene rings is 2. The minimum atomic E-state index is -0.663. The molecular weight excluding hydrogens is 467 g/mol. The number of carbonyl (C=O) groups is 2. The molecule has 0 aliphatic rings.